The predicted molar refractivity (Wildman–Crippen MR) is 82.8 cm³/mol. The molecule has 1 amide bonds. The summed E-state index contributed by atoms with van der Waals surface area (Å²) < 4.78 is 0. The summed E-state index contributed by atoms with van der Waals surface area (Å²) in [6.07, 6.45) is 5.76. The standard InChI is InChI=1S/C16H22N4O/c1-19(11-12-20-9-2-3-10-20)16(21)15-6-8-18-13-14(15)5-4-7-17/h6,8,13H,2-3,7,9-12,17H2,1H3. The van der Waals surface area contributed by atoms with Crippen molar-refractivity contribution < 1.29 is 4.79 Å². The molecule has 1 fully saturated rings. The first kappa shape index (κ1) is 15.5. The number of hydrogen-bond donors (Lipinski definition) is 1. The Kier molecular flexibility index (Phi) is 5.73. The van der Waals surface area contributed by atoms with Crippen molar-refractivity contribution >= 4 is 5.91 Å². The topological polar surface area (TPSA) is 62.5 Å². The van der Waals surface area contributed by atoms with Crippen LogP contribution in [0.2, 0.25) is 0 Å². The van der Waals surface area contributed by atoms with Gasteiger partial charge in [0.05, 0.1) is 17.7 Å². The van der Waals surface area contributed by atoms with E-state index in [9.17, 15) is 4.79 Å². The van der Waals surface area contributed by atoms with Crippen molar-refractivity contribution in [2.24, 2.45) is 5.73 Å². The molecule has 0 aliphatic carbocycles. The number of carbonyl (C=O) groups excluding carboxylic acids is 1. The lowest BCUT2D eigenvalue weighted by Gasteiger charge is -2.22. The van der Waals surface area contributed by atoms with Gasteiger partial charge in [0, 0.05) is 32.5 Å². The minimum atomic E-state index is -0.0158. The van der Waals surface area contributed by atoms with Crippen LogP contribution in [0, 0.1) is 11.8 Å². The average Bonchev–Trinajstić information content (AvgIpc) is 3.03. The van der Waals surface area contributed by atoms with E-state index in [1.165, 1.54) is 12.8 Å². The van der Waals surface area contributed by atoms with E-state index in [0.717, 1.165) is 26.2 Å². The van der Waals surface area contributed by atoms with Crippen LogP contribution in [0.5, 0.6) is 0 Å². The molecule has 0 bridgehead atoms. The van der Waals surface area contributed by atoms with Crippen LogP contribution in [-0.4, -0.2) is 60.5 Å². The highest BCUT2D eigenvalue weighted by molar-refractivity contribution is 5.96. The molecule has 2 rings (SSSR count). The molecule has 0 unspecified atom stereocenters. The van der Waals surface area contributed by atoms with Crippen molar-refractivity contribution in [2.75, 3.05) is 39.8 Å². The van der Waals surface area contributed by atoms with Gasteiger partial charge in [0.1, 0.15) is 0 Å². The zero-order valence-corrected chi connectivity index (χ0v) is 12.5. The van der Waals surface area contributed by atoms with Crippen LogP contribution < -0.4 is 5.73 Å². The zero-order chi connectivity index (χ0) is 15.1. The Labute approximate surface area is 126 Å². The summed E-state index contributed by atoms with van der Waals surface area (Å²) in [6.45, 7) is 4.21. The van der Waals surface area contributed by atoms with Gasteiger partial charge in [-0.3, -0.25) is 9.78 Å². The molecule has 1 aliphatic rings. The Morgan fingerprint density at radius 1 is 1.48 bits per heavy atom. The van der Waals surface area contributed by atoms with E-state index < -0.39 is 0 Å². The van der Waals surface area contributed by atoms with Crippen LogP contribution in [0.4, 0.5) is 0 Å². The number of nitrogens with zero attached hydrogens (tertiary/aromatic N) is 3. The molecule has 0 radical (unpaired) electrons. The summed E-state index contributed by atoms with van der Waals surface area (Å²) in [5, 5.41) is 0. The first-order valence-electron chi connectivity index (χ1n) is 7.33. The zero-order valence-electron chi connectivity index (χ0n) is 12.5. The van der Waals surface area contributed by atoms with Gasteiger partial charge in [-0.15, -0.1) is 0 Å². The molecule has 5 heteroatoms. The quantitative estimate of drug-likeness (QED) is 0.822. The van der Waals surface area contributed by atoms with Gasteiger partial charge in [0.15, 0.2) is 0 Å². The maximum Gasteiger partial charge on any atom is 0.255 e. The van der Waals surface area contributed by atoms with E-state index in [2.05, 4.69) is 21.7 Å². The third-order valence-electron chi connectivity index (χ3n) is 3.67. The van der Waals surface area contributed by atoms with E-state index in [0.29, 0.717) is 11.1 Å². The fraction of sp³-hybridized carbons (Fsp3) is 0.500. The SMILES string of the molecule is CN(CCN1CCCC1)C(=O)c1ccncc1C#CCN. The van der Waals surface area contributed by atoms with Crippen LogP contribution in [0.3, 0.4) is 0 Å². The molecule has 0 spiro atoms. The van der Waals surface area contributed by atoms with Gasteiger partial charge in [0.25, 0.3) is 5.91 Å². The van der Waals surface area contributed by atoms with E-state index in [4.69, 9.17) is 5.73 Å². The molecule has 0 aromatic carbocycles. The summed E-state index contributed by atoms with van der Waals surface area (Å²) in [7, 11) is 1.83. The highest BCUT2D eigenvalue weighted by atomic mass is 16.2. The molecule has 0 atom stereocenters. The maximum absolute atomic E-state index is 12.5. The van der Waals surface area contributed by atoms with Crippen LogP contribution in [-0.2, 0) is 0 Å². The molecular formula is C16H22N4O. The Bertz CT molecular complexity index is 541. The molecule has 2 heterocycles. The fourth-order valence-electron chi connectivity index (χ4n) is 2.43. The van der Waals surface area contributed by atoms with E-state index in [-0.39, 0.29) is 12.5 Å². The van der Waals surface area contributed by atoms with Crippen molar-refractivity contribution in [3.05, 3.63) is 29.6 Å². The molecule has 112 valence electrons. The normalized spacial score (nSPS) is 14.6. The molecular weight excluding hydrogens is 264 g/mol. The van der Waals surface area contributed by atoms with E-state index >= 15 is 0 Å². The van der Waals surface area contributed by atoms with Gasteiger partial charge in [-0.05, 0) is 32.0 Å². The lowest BCUT2D eigenvalue weighted by atomic mass is 10.1. The summed E-state index contributed by atoms with van der Waals surface area (Å²) >= 11 is 0. The number of amides is 1. The minimum absolute atomic E-state index is 0.0158. The second-order valence-electron chi connectivity index (χ2n) is 5.20. The first-order valence-corrected chi connectivity index (χ1v) is 7.33. The third-order valence-corrected chi connectivity index (χ3v) is 3.67. The number of nitrogens with two attached hydrogens (primary N) is 1. The first-order chi connectivity index (χ1) is 10.2. The predicted octanol–water partition coefficient (Wildman–Crippen LogP) is 0.560. The number of likely N-dealkylation sites (N-methyl/N-ethyl adjacent to an activating group) is 1. The molecule has 0 saturated carbocycles. The van der Waals surface area contributed by atoms with Crippen LogP contribution >= 0.6 is 0 Å². The number of likely N-dealkylation sites (tertiary alicyclic amines) is 1. The molecule has 1 aromatic rings. The Balaban J connectivity index is 2.01. The van der Waals surface area contributed by atoms with Crippen molar-refractivity contribution in [2.45, 2.75) is 12.8 Å². The van der Waals surface area contributed by atoms with Crippen LogP contribution in [0.15, 0.2) is 18.5 Å². The largest absolute Gasteiger partial charge is 0.340 e. The van der Waals surface area contributed by atoms with Gasteiger partial charge in [-0.1, -0.05) is 11.8 Å². The number of pyridine rings is 1. The Morgan fingerprint density at radius 3 is 2.95 bits per heavy atom. The summed E-state index contributed by atoms with van der Waals surface area (Å²) in [4.78, 5) is 20.7. The number of rotatable bonds is 4. The van der Waals surface area contributed by atoms with E-state index in [1.54, 1.807) is 23.4 Å². The second kappa shape index (κ2) is 7.77. The van der Waals surface area contributed by atoms with Gasteiger partial charge >= 0.3 is 0 Å². The van der Waals surface area contributed by atoms with Crippen LogP contribution in [0.25, 0.3) is 0 Å². The number of carbonyl (C=O) groups is 1. The van der Waals surface area contributed by atoms with Gasteiger partial charge < -0.3 is 15.5 Å². The Hall–Kier alpha value is -1.90. The highest BCUT2D eigenvalue weighted by Gasteiger charge is 2.17. The average molecular weight is 286 g/mol. The molecule has 1 aromatic heterocycles. The highest BCUT2D eigenvalue weighted by Crippen LogP contribution is 2.10. The fourth-order valence-corrected chi connectivity index (χ4v) is 2.43. The van der Waals surface area contributed by atoms with Gasteiger partial charge in [0.2, 0.25) is 0 Å². The summed E-state index contributed by atoms with van der Waals surface area (Å²) in [5.74, 6) is 5.67. The molecule has 1 aliphatic heterocycles. The van der Waals surface area contributed by atoms with Crippen molar-refractivity contribution in [3.63, 3.8) is 0 Å². The lowest BCUT2D eigenvalue weighted by molar-refractivity contribution is 0.0782. The van der Waals surface area contributed by atoms with Crippen molar-refractivity contribution in [1.29, 1.82) is 0 Å². The smallest absolute Gasteiger partial charge is 0.255 e. The van der Waals surface area contributed by atoms with Crippen LogP contribution in [0.1, 0.15) is 28.8 Å². The molecule has 1 saturated heterocycles. The monoisotopic (exact) mass is 286 g/mol. The number of hydrogen-bond acceptors (Lipinski definition) is 4. The lowest BCUT2D eigenvalue weighted by Crippen LogP contribution is -2.35. The number of aromatic nitrogens is 1. The second-order valence-corrected chi connectivity index (χ2v) is 5.20. The van der Waals surface area contributed by atoms with Crippen molar-refractivity contribution in [1.82, 2.24) is 14.8 Å². The van der Waals surface area contributed by atoms with Gasteiger partial charge in [-0.2, -0.15) is 0 Å². The van der Waals surface area contributed by atoms with E-state index in [1.807, 2.05) is 7.05 Å². The maximum atomic E-state index is 12.5. The molecule has 2 N–H and O–H groups in total. The third kappa shape index (κ3) is 4.28. The molecule has 21 heavy (non-hydrogen) atoms. The molecule has 5 nitrogen and oxygen atoms in total. The van der Waals surface area contributed by atoms with Crippen molar-refractivity contribution in [3.8, 4) is 11.8 Å². The van der Waals surface area contributed by atoms with Gasteiger partial charge in [-0.25, -0.2) is 0 Å². The summed E-state index contributed by atoms with van der Waals surface area (Å²) in [5.41, 5.74) is 6.62. The Morgan fingerprint density at radius 2 is 2.24 bits per heavy atom. The summed E-state index contributed by atoms with van der Waals surface area (Å²) in [6, 6.07) is 1.72. The minimum Gasteiger partial charge on any atom is -0.340 e.